The molecule has 0 radical (unpaired) electrons. The second kappa shape index (κ2) is 12.3. The number of carbonyl (C=O) groups is 3. The molecule has 1 aliphatic carbocycles. The molecule has 1 atom stereocenters. The summed E-state index contributed by atoms with van der Waals surface area (Å²) in [6.07, 6.45) is -3.45. The lowest BCUT2D eigenvalue weighted by molar-refractivity contribution is -0.237. The van der Waals surface area contributed by atoms with Gasteiger partial charge in [0.1, 0.15) is 12.4 Å². The zero-order chi connectivity index (χ0) is 28.9. The Morgan fingerprint density at radius 3 is 2.42 bits per heavy atom. The first-order valence-electron chi connectivity index (χ1n) is 12.7. The molecule has 1 aromatic heterocycles. The molecule has 4 rings (SSSR count). The fourth-order valence-corrected chi connectivity index (χ4v) is 4.92. The monoisotopic (exact) mass is 559 g/mol. The summed E-state index contributed by atoms with van der Waals surface area (Å²) in [5, 5.41) is 10.2. The summed E-state index contributed by atoms with van der Waals surface area (Å²) >= 11 is 0. The number of aryl methyl sites for hydroxylation is 1. The zero-order valence-electron chi connectivity index (χ0n) is 21.6. The predicted octanol–water partition coefficient (Wildman–Crippen LogP) is 5.04. The second-order valence-corrected chi connectivity index (χ2v) is 9.61. The third-order valence-corrected chi connectivity index (χ3v) is 6.80. The van der Waals surface area contributed by atoms with Crippen molar-refractivity contribution in [1.82, 2.24) is 15.5 Å². The van der Waals surface area contributed by atoms with Crippen LogP contribution in [0.15, 0.2) is 54.6 Å². The summed E-state index contributed by atoms with van der Waals surface area (Å²) in [6.45, 7) is 2.07. The van der Waals surface area contributed by atoms with E-state index in [1.165, 1.54) is 29.7 Å². The first-order chi connectivity index (χ1) is 19.1. The predicted molar refractivity (Wildman–Crippen MR) is 136 cm³/mol. The maximum atomic E-state index is 13.4. The average Bonchev–Trinajstić information content (AvgIpc) is 3.47. The van der Waals surface area contributed by atoms with Gasteiger partial charge in [-0.1, -0.05) is 31.0 Å². The number of carbonyl (C=O) groups excluding carboxylic acids is 3. The number of aromatic nitrogens is 1. The number of pyridine rings is 1. The molecule has 0 saturated heterocycles. The minimum atomic E-state index is -5.37. The molecule has 1 fully saturated rings. The Labute approximate surface area is 227 Å². The van der Waals surface area contributed by atoms with Crippen molar-refractivity contribution in [2.45, 2.75) is 57.9 Å². The molecule has 0 spiro atoms. The number of ether oxygens (including phenoxy) is 1. The van der Waals surface area contributed by atoms with E-state index in [9.17, 15) is 27.6 Å². The Hall–Kier alpha value is -4.19. The summed E-state index contributed by atoms with van der Waals surface area (Å²) < 4.78 is 45.2. The Kier molecular flexibility index (Phi) is 8.88. The molecular formula is C28H28F3N3O6. The van der Waals surface area contributed by atoms with E-state index in [0.717, 1.165) is 35.0 Å². The van der Waals surface area contributed by atoms with Gasteiger partial charge in [-0.15, -0.1) is 0 Å². The molecule has 40 heavy (non-hydrogen) atoms. The Bertz CT molecular complexity index is 1370. The number of nitrogens with zero attached hydrogens (tertiary/aromatic N) is 2. The van der Waals surface area contributed by atoms with E-state index < -0.39 is 42.3 Å². The van der Waals surface area contributed by atoms with Gasteiger partial charge in [-0.2, -0.15) is 18.2 Å². The molecule has 12 heteroatoms. The summed E-state index contributed by atoms with van der Waals surface area (Å²) in [6, 6.07) is 13.9. The van der Waals surface area contributed by atoms with Crippen LogP contribution in [0, 0.1) is 12.8 Å². The molecule has 0 bridgehead atoms. The van der Waals surface area contributed by atoms with E-state index in [4.69, 9.17) is 9.94 Å². The Morgan fingerprint density at radius 2 is 1.77 bits per heavy atom. The van der Waals surface area contributed by atoms with E-state index in [-0.39, 0.29) is 12.2 Å². The van der Waals surface area contributed by atoms with Gasteiger partial charge in [-0.3, -0.25) is 19.8 Å². The van der Waals surface area contributed by atoms with Crippen molar-refractivity contribution in [3.63, 3.8) is 0 Å². The van der Waals surface area contributed by atoms with Crippen LogP contribution in [0.5, 0.6) is 5.75 Å². The van der Waals surface area contributed by atoms with E-state index in [2.05, 4.69) is 9.82 Å². The number of amides is 2. The smallest absolute Gasteiger partial charge is 0.489 e. The molecule has 9 nitrogen and oxygen atoms in total. The normalized spacial score (nSPS) is 14.5. The van der Waals surface area contributed by atoms with E-state index >= 15 is 0 Å². The number of nitrogens with one attached hydrogen (secondary N) is 1. The number of fused-ring (bicyclic) bond motifs is 1. The van der Waals surface area contributed by atoms with Gasteiger partial charge in [0, 0.05) is 22.2 Å². The summed E-state index contributed by atoms with van der Waals surface area (Å²) in [5.74, 6) is -4.58. The maximum absolute atomic E-state index is 13.4. The number of hydrogen-bond donors (Lipinski definition) is 2. The fourth-order valence-electron chi connectivity index (χ4n) is 4.92. The van der Waals surface area contributed by atoms with Gasteiger partial charge in [-0.05, 0) is 62.1 Å². The topological polar surface area (TPSA) is 118 Å². The SMILES string of the molecule is Cc1cc(COc2ccc(C(=O)N(OC(=O)C(F)(F)F)C(CC(=O)NO)C3CCCC3)cc2)c2ccccc2n1. The highest BCUT2D eigenvalue weighted by Crippen LogP contribution is 2.34. The second-order valence-electron chi connectivity index (χ2n) is 9.61. The van der Waals surface area contributed by atoms with Gasteiger partial charge in [0.15, 0.2) is 0 Å². The van der Waals surface area contributed by atoms with Crippen LogP contribution in [-0.4, -0.2) is 45.3 Å². The lowest BCUT2D eigenvalue weighted by atomic mass is 9.94. The highest BCUT2D eigenvalue weighted by molar-refractivity contribution is 5.95. The van der Waals surface area contributed by atoms with Gasteiger partial charge in [0.05, 0.1) is 18.0 Å². The van der Waals surface area contributed by atoms with Crippen molar-refractivity contribution in [2.75, 3.05) is 0 Å². The summed E-state index contributed by atoms with van der Waals surface area (Å²) in [7, 11) is 0. The van der Waals surface area contributed by atoms with Crippen LogP contribution in [0.2, 0.25) is 0 Å². The first-order valence-corrected chi connectivity index (χ1v) is 12.7. The molecule has 2 N–H and O–H groups in total. The van der Waals surface area contributed by atoms with Crippen molar-refractivity contribution in [3.8, 4) is 5.75 Å². The van der Waals surface area contributed by atoms with Crippen LogP contribution in [0.25, 0.3) is 10.9 Å². The molecule has 2 amide bonds. The highest BCUT2D eigenvalue weighted by atomic mass is 19.4. The third-order valence-electron chi connectivity index (χ3n) is 6.80. The van der Waals surface area contributed by atoms with Crippen molar-refractivity contribution >= 4 is 28.7 Å². The maximum Gasteiger partial charge on any atom is 0.493 e. The number of para-hydroxylation sites is 1. The van der Waals surface area contributed by atoms with Crippen LogP contribution < -0.4 is 10.2 Å². The van der Waals surface area contributed by atoms with Crippen LogP contribution in [0.4, 0.5) is 13.2 Å². The molecule has 1 aliphatic rings. The van der Waals surface area contributed by atoms with Gasteiger partial charge in [0.2, 0.25) is 5.91 Å². The van der Waals surface area contributed by atoms with Crippen molar-refractivity contribution < 1.29 is 42.3 Å². The third kappa shape index (κ3) is 6.87. The van der Waals surface area contributed by atoms with E-state index in [1.54, 1.807) is 0 Å². The molecule has 1 heterocycles. The minimum Gasteiger partial charge on any atom is -0.489 e. The Balaban J connectivity index is 1.56. The van der Waals surface area contributed by atoms with Gasteiger partial charge >= 0.3 is 12.1 Å². The minimum absolute atomic E-state index is 0.0834. The van der Waals surface area contributed by atoms with Crippen LogP contribution in [0.3, 0.4) is 0 Å². The molecular weight excluding hydrogens is 531 g/mol. The van der Waals surface area contributed by atoms with Gasteiger partial charge < -0.3 is 9.57 Å². The lowest BCUT2D eigenvalue weighted by Crippen LogP contribution is -2.49. The summed E-state index contributed by atoms with van der Waals surface area (Å²) in [5.41, 5.74) is 3.88. The van der Waals surface area contributed by atoms with Crippen LogP contribution in [-0.2, 0) is 21.0 Å². The van der Waals surface area contributed by atoms with Crippen LogP contribution >= 0.6 is 0 Å². The number of hydrogen-bond acceptors (Lipinski definition) is 7. The van der Waals surface area contributed by atoms with Gasteiger partial charge in [0.25, 0.3) is 5.91 Å². The van der Waals surface area contributed by atoms with Crippen molar-refractivity contribution in [1.29, 1.82) is 0 Å². The fraction of sp³-hybridized carbons (Fsp3) is 0.357. The van der Waals surface area contributed by atoms with E-state index in [1.807, 2.05) is 37.3 Å². The van der Waals surface area contributed by atoms with Gasteiger partial charge in [-0.25, -0.2) is 10.3 Å². The number of halogens is 3. The number of alkyl halides is 3. The molecule has 0 aliphatic heterocycles. The standard InChI is InChI=1S/C28H28F3N3O6/c1-17-14-20(22-8-4-5-9-23(22)32-17)16-39-21-12-10-19(11-13-21)26(36)34(40-27(37)28(29,30)31)24(15-25(35)33-38)18-6-2-3-7-18/h4-5,8-14,18,24,38H,2-3,6-7,15-16H2,1H3,(H,33,35). The summed E-state index contributed by atoms with van der Waals surface area (Å²) in [4.78, 5) is 46.2. The molecule has 3 aromatic rings. The highest BCUT2D eigenvalue weighted by Gasteiger charge is 2.46. The lowest BCUT2D eigenvalue weighted by Gasteiger charge is -2.33. The zero-order valence-corrected chi connectivity index (χ0v) is 21.6. The number of hydroxylamine groups is 3. The van der Waals surface area contributed by atoms with Crippen LogP contribution in [0.1, 0.15) is 53.7 Å². The molecule has 2 aromatic carbocycles. The number of benzene rings is 2. The van der Waals surface area contributed by atoms with Crippen molar-refractivity contribution in [3.05, 3.63) is 71.4 Å². The quantitative estimate of drug-likeness (QED) is 0.293. The average molecular weight is 560 g/mol. The Morgan fingerprint density at radius 1 is 1.10 bits per heavy atom. The number of rotatable bonds is 8. The molecule has 1 saturated carbocycles. The first kappa shape index (κ1) is 28.8. The largest absolute Gasteiger partial charge is 0.493 e. The molecule has 1 unspecified atom stereocenters. The van der Waals surface area contributed by atoms with Crippen molar-refractivity contribution in [2.24, 2.45) is 5.92 Å². The van der Waals surface area contributed by atoms with E-state index in [0.29, 0.717) is 23.7 Å². The molecule has 212 valence electrons.